The number of aliphatic hydroxyl groups is 2. The van der Waals surface area contributed by atoms with Gasteiger partial charge in [0, 0.05) is 15.3 Å². The Morgan fingerprint density at radius 2 is 1.50 bits per heavy atom. The number of ether oxygens (including phenoxy) is 1. The molecule has 0 spiro atoms. The van der Waals surface area contributed by atoms with Crippen LogP contribution in [0.2, 0.25) is 0 Å². The molecule has 10 heteroatoms. The Morgan fingerprint density at radius 1 is 0.875 bits per heavy atom. The predicted molar refractivity (Wildman–Crippen MR) is 107 cm³/mol. The predicted octanol–water partition coefficient (Wildman–Crippen LogP) is 6.11. The largest absolute Gasteiger partial charge is 0.488 e. The molecule has 0 atom stereocenters. The lowest BCUT2D eigenvalue weighted by molar-refractivity contribution is -0.376. The van der Waals surface area contributed by atoms with Crippen molar-refractivity contribution < 1.29 is 41.3 Å². The summed E-state index contributed by atoms with van der Waals surface area (Å²) in [5.74, 6) is 0.483. The van der Waals surface area contributed by atoms with Gasteiger partial charge in [0.2, 0.25) is 0 Å². The van der Waals surface area contributed by atoms with Crippen LogP contribution in [0, 0.1) is 6.92 Å². The summed E-state index contributed by atoms with van der Waals surface area (Å²) in [6, 6.07) is 13.0. The third-order valence-corrected chi connectivity index (χ3v) is 5.96. The summed E-state index contributed by atoms with van der Waals surface area (Å²) in [5.41, 5.74) is -6.27. The maximum absolute atomic E-state index is 13.5. The quantitative estimate of drug-likeness (QED) is 0.423. The molecule has 0 saturated carbocycles. The summed E-state index contributed by atoms with van der Waals surface area (Å²) in [5, 5.41) is 19.0. The smallest absolute Gasteiger partial charge is 0.430 e. The van der Waals surface area contributed by atoms with Gasteiger partial charge in [0.05, 0.1) is 6.61 Å². The average molecular weight is 476 g/mol. The van der Waals surface area contributed by atoms with E-state index in [9.17, 15) is 31.4 Å². The van der Waals surface area contributed by atoms with Crippen LogP contribution in [0.3, 0.4) is 0 Å². The van der Waals surface area contributed by atoms with Crippen LogP contribution >= 0.6 is 11.3 Å². The molecule has 0 bridgehead atoms. The summed E-state index contributed by atoms with van der Waals surface area (Å²) in [4.78, 5) is 0.686. The van der Waals surface area contributed by atoms with Crippen molar-refractivity contribution in [2.75, 3.05) is 0 Å². The number of benzene rings is 2. The first-order valence-corrected chi connectivity index (χ1v) is 10.1. The van der Waals surface area contributed by atoms with Crippen LogP contribution in [-0.2, 0) is 18.8 Å². The van der Waals surface area contributed by atoms with Crippen LogP contribution in [-0.4, -0.2) is 22.6 Å². The molecule has 0 aliphatic rings. The highest BCUT2D eigenvalue weighted by Crippen LogP contribution is 2.53. The minimum absolute atomic E-state index is 0.0348. The number of alkyl halides is 6. The van der Waals surface area contributed by atoms with Crippen molar-refractivity contribution in [1.82, 2.24) is 0 Å². The zero-order valence-corrected chi connectivity index (χ0v) is 17.4. The van der Waals surface area contributed by atoms with Gasteiger partial charge in [-0.25, -0.2) is 0 Å². The molecule has 0 saturated heterocycles. The molecular formula is C22H18F6O3S. The molecule has 2 N–H and O–H groups in total. The normalized spacial score (nSPS) is 12.8. The molecule has 0 aliphatic heterocycles. The monoisotopic (exact) mass is 476 g/mol. The summed E-state index contributed by atoms with van der Waals surface area (Å²) in [6.45, 7) is 0.998. The second-order valence-electron chi connectivity index (χ2n) is 7.06. The zero-order valence-electron chi connectivity index (χ0n) is 16.6. The lowest BCUT2D eigenvalue weighted by Gasteiger charge is -2.35. The van der Waals surface area contributed by atoms with E-state index in [1.807, 2.05) is 0 Å². The fraction of sp³-hybridized carbons (Fsp3) is 0.273. The molecule has 3 rings (SSSR count). The molecule has 0 amide bonds. The zero-order chi connectivity index (χ0) is 23.7. The number of aliphatic hydroxyl groups excluding tert-OH is 1. The van der Waals surface area contributed by atoms with Crippen LogP contribution in [0.5, 0.6) is 5.75 Å². The molecule has 32 heavy (non-hydrogen) atoms. The van der Waals surface area contributed by atoms with Crippen LogP contribution in [0.4, 0.5) is 26.3 Å². The first-order chi connectivity index (χ1) is 14.9. The molecule has 3 nitrogen and oxygen atoms in total. The Morgan fingerprint density at radius 3 is 2.06 bits per heavy atom. The van der Waals surface area contributed by atoms with Gasteiger partial charge in [-0.05, 0) is 47.9 Å². The number of hydrogen-bond donors (Lipinski definition) is 2. The number of aryl methyl sites for hydroxylation is 1. The van der Waals surface area contributed by atoms with Crippen molar-refractivity contribution in [3.05, 3.63) is 76.2 Å². The molecule has 1 aromatic heterocycles. The van der Waals surface area contributed by atoms with E-state index < -0.39 is 23.5 Å². The Labute approximate surface area is 183 Å². The minimum Gasteiger partial charge on any atom is -0.488 e. The molecule has 0 fully saturated rings. The Hall–Kier alpha value is -2.56. The third kappa shape index (κ3) is 4.48. The lowest BCUT2D eigenvalue weighted by Crippen LogP contribution is -2.54. The summed E-state index contributed by atoms with van der Waals surface area (Å²) >= 11 is 0.962. The number of rotatable bonds is 6. The van der Waals surface area contributed by atoms with Crippen molar-refractivity contribution in [2.45, 2.75) is 38.1 Å². The Kier molecular flexibility index (Phi) is 6.60. The van der Waals surface area contributed by atoms with E-state index in [2.05, 4.69) is 0 Å². The maximum Gasteiger partial charge on any atom is 0.430 e. The highest BCUT2D eigenvalue weighted by atomic mass is 32.1. The van der Waals surface area contributed by atoms with Crippen LogP contribution in [0.1, 0.15) is 21.6 Å². The summed E-state index contributed by atoms with van der Waals surface area (Å²) < 4.78 is 86.8. The summed E-state index contributed by atoms with van der Waals surface area (Å²) in [7, 11) is 0. The van der Waals surface area contributed by atoms with Gasteiger partial charge in [0.25, 0.3) is 5.60 Å². The standard InChI is InChI=1S/C22H18F6O3S/c1-13-3-2-4-17(19(13)20(30,21(23,24)25)22(26,27)28)18-10-9-16(32-18)12-31-15-7-5-14(11-29)6-8-15/h2-10,29-30H,11-12H2,1H3. The SMILES string of the molecule is Cc1cccc(-c2ccc(COc3ccc(CO)cc3)s2)c1C(O)(C(F)(F)F)C(F)(F)F. The van der Waals surface area contributed by atoms with Crippen molar-refractivity contribution >= 4 is 11.3 Å². The molecule has 0 unspecified atom stereocenters. The molecule has 172 valence electrons. The fourth-order valence-electron chi connectivity index (χ4n) is 3.24. The first-order valence-electron chi connectivity index (χ1n) is 9.26. The van der Waals surface area contributed by atoms with E-state index in [-0.39, 0.29) is 29.2 Å². The second-order valence-corrected chi connectivity index (χ2v) is 8.23. The fourth-order valence-corrected chi connectivity index (χ4v) is 4.20. The molecule has 2 aromatic carbocycles. The molecule has 3 aromatic rings. The van der Waals surface area contributed by atoms with Crippen molar-refractivity contribution in [3.8, 4) is 16.2 Å². The van der Waals surface area contributed by atoms with Crippen molar-refractivity contribution in [3.63, 3.8) is 0 Å². The van der Waals surface area contributed by atoms with Gasteiger partial charge in [-0.2, -0.15) is 26.3 Å². The van der Waals surface area contributed by atoms with E-state index in [0.717, 1.165) is 30.4 Å². The van der Waals surface area contributed by atoms with Gasteiger partial charge in [-0.15, -0.1) is 11.3 Å². The number of halogens is 6. The van der Waals surface area contributed by atoms with Gasteiger partial charge in [-0.3, -0.25) is 0 Å². The van der Waals surface area contributed by atoms with E-state index in [1.165, 1.54) is 18.2 Å². The topological polar surface area (TPSA) is 49.7 Å². The van der Waals surface area contributed by atoms with Crippen LogP contribution in [0.25, 0.3) is 10.4 Å². The highest BCUT2D eigenvalue weighted by Gasteiger charge is 2.72. The average Bonchev–Trinajstić information content (AvgIpc) is 3.19. The molecular weight excluding hydrogens is 458 g/mol. The minimum atomic E-state index is -5.98. The number of thiophene rings is 1. The Bertz CT molecular complexity index is 1060. The maximum atomic E-state index is 13.5. The van der Waals surface area contributed by atoms with E-state index in [4.69, 9.17) is 9.84 Å². The van der Waals surface area contributed by atoms with Gasteiger partial charge in [-0.1, -0.05) is 30.3 Å². The molecule has 0 aliphatic carbocycles. The Balaban J connectivity index is 1.96. The first kappa shape index (κ1) is 24.1. The lowest BCUT2D eigenvalue weighted by atomic mass is 9.84. The molecule has 0 radical (unpaired) electrons. The van der Waals surface area contributed by atoms with Gasteiger partial charge in [0.1, 0.15) is 12.4 Å². The van der Waals surface area contributed by atoms with Gasteiger partial charge >= 0.3 is 12.4 Å². The van der Waals surface area contributed by atoms with E-state index in [0.29, 0.717) is 16.2 Å². The summed E-state index contributed by atoms with van der Waals surface area (Å²) in [6.07, 6.45) is -12.0. The van der Waals surface area contributed by atoms with Crippen LogP contribution < -0.4 is 4.74 Å². The van der Waals surface area contributed by atoms with Gasteiger partial charge < -0.3 is 14.9 Å². The van der Waals surface area contributed by atoms with Crippen LogP contribution in [0.15, 0.2) is 54.6 Å². The second kappa shape index (κ2) is 8.76. The highest BCUT2D eigenvalue weighted by molar-refractivity contribution is 7.15. The van der Waals surface area contributed by atoms with E-state index >= 15 is 0 Å². The van der Waals surface area contributed by atoms with Gasteiger partial charge in [0.15, 0.2) is 0 Å². The number of hydrogen-bond acceptors (Lipinski definition) is 4. The molecule has 1 heterocycles. The van der Waals surface area contributed by atoms with Crippen molar-refractivity contribution in [1.29, 1.82) is 0 Å². The third-order valence-electron chi connectivity index (χ3n) is 4.87. The van der Waals surface area contributed by atoms with Crippen molar-refractivity contribution in [2.24, 2.45) is 0 Å². The van der Waals surface area contributed by atoms with E-state index in [1.54, 1.807) is 24.3 Å².